The first kappa shape index (κ1) is 14.5. The molecule has 20 heavy (non-hydrogen) atoms. The Morgan fingerprint density at radius 2 is 2.35 bits per heavy atom. The van der Waals surface area contributed by atoms with Crippen molar-refractivity contribution in [2.45, 2.75) is 19.8 Å². The number of rotatable bonds is 2. The lowest BCUT2D eigenvalue weighted by Gasteiger charge is -2.16. The minimum atomic E-state index is -0.515. The highest BCUT2D eigenvalue weighted by Gasteiger charge is 2.27. The molecule has 3 nitrogen and oxygen atoms in total. The van der Waals surface area contributed by atoms with Crippen LogP contribution in [0.4, 0.5) is 4.39 Å². The van der Waals surface area contributed by atoms with Gasteiger partial charge in [0, 0.05) is 18.7 Å². The molecule has 1 fully saturated rings. The zero-order valence-corrected chi connectivity index (χ0v) is 11.7. The van der Waals surface area contributed by atoms with E-state index in [9.17, 15) is 9.18 Å². The number of carbonyl (C=O) groups excluding carboxylic acids is 1. The Morgan fingerprint density at radius 1 is 1.55 bits per heavy atom. The SMILES string of the molecule is CCC1CCN(C(=O)c2ccc(C#CCN)cc2F)C1. The van der Waals surface area contributed by atoms with Crippen molar-refractivity contribution in [2.24, 2.45) is 11.7 Å². The third-order valence-electron chi connectivity index (χ3n) is 3.68. The number of nitrogens with two attached hydrogens (primary N) is 1. The van der Waals surface area contributed by atoms with Gasteiger partial charge in [0.15, 0.2) is 0 Å². The quantitative estimate of drug-likeness (QED) is 0.839. The molecule has 1 unspecified atom stereocenters. The molecule has 0 bridgehead atoms. The van der Waals surface area contributed by atoms with E-state index in [0.717, 1.165) is 19.4 Å². The average Bonchev–Trinajstić information content (AvgIpc) is 2.93. The Labute approximate surface area is 119 Å². The number of likely N-dealkylation sites (tertiary alicyclic amines) is 1. The molecule has 2 rings (SSSR count). The highest BCUT2D eigenvalue weighted by atomic mass is 19.1. The summed E-state index contributed by atoms with van der Waals surface area (Å²) in [4.78, 5) is 14.0. The highest BCUT2D eigenvalue weighted by Crippen LogP contribution is 2.22. The fraction of sp³-hybridized carbons (Fsp3) is 0.438. The highest BCUT2D eigenvalue weighted by molar-refractivity contribution is 5.94. The van der Waals surface area contributed by atoms with Crippen molar-refractivity contribution in [1.29, 1.82) is 0 Å². The first-order chi connectivity index (χ1) is 9.65. The van der Waals surface area contributed by atoms with Crippen LogP contribution in [0.1, 0.15) is 35.7 Å². The van der Waals surface area contributed by atoms with Crippen molar-refractivity contribution in [2.75, 3.05) is 19.6 Å². The zero-order valence-electron chi connectivity index (χ0n) is 11.7. The second-order valence-electron chi connectivity index (χ2n) is 5.01. The first-order valence-corrected chi connectivity index (χ1v) is 6.93. The number of benzene rings is 1. The van der Waals surface area contributed by atoms with Crippen molar-refractivity contribution in [3.05, 3.63) is 35.1 Å². The van der Waals surface area contributed by atoms with Gasteiger partial charge in [-0.15, -0.1) is 0 Å². The first-order valence-electron chi connectivity index (χ1n) is 6.93. The predicted molar refractivity (Wildman–Crippen MR) is 76.6 cm³/mol. The van der Waals surface area contributed by atoms with Crippen LogP contribution in [0.5, 0.6) is 0 Å². The lowest BCUT2D eigenvalue weighted by Crippen LogP contribution is -2.29. The van der Waals surface area contributed by atoms with Crippen LogP contribution in [0.25, 0.3) is 0 Å². The largest absolute Gasteiger partial charge is 0.338 e. The van der Waals surface area contributed by atoms with Crippen molar-refractivity contribution in [1.82, 2.24) is 4.90 Å². The minimum Gasteiger partial charge on any atom is -0.338 e. The Kier molecular flexibility index (Phi) is 4.75. The number of hydrogen-bond donors (Lipinski definition) is 1. The van der Waals surface area contributed by atoms with E-state index in [4.69, 9.17) is 5.73 Å². The van der Waals surface area contributed by atoms with Crippen LogP contribution in [-0.4, -0.2) is 30.4 Å². The Balaban J connectivity index is 2.15. The van der Waals surface area contributed by atoms with E-state index >= 15 is 0 Å². The summed E-state index contributed by atoms with van der Waals surface area (Å²) < 4.78 is 14.0. The molecule has 1 heterocycles. The summed E-state index contributed by atoms with van der Waals surface area (Å²) in [6.07, 6.45) is 2.06. The van der Waals surface area contributed by atoms with Crippen molar-refractivity contribution < 1.29 is 9.18 Å². The lowest BCUT2D eigenvalue weighted by molar-refractivity contribution is 0.0782. The molecule has 1 aromatic carbocycles. The fourth-order valence-electron chi connectivity index (χ4n) is 2.44. The van der Waals surface area contributed by atoms with Gasteiger partial charge in [0.1, 0.15) is 5.82 Å². The lowest BCUT2D eigenvalue weighted by atomic mass is 10.1. The normalized spacial score (nSPS) is 17.8. The molecule has 1 amide bonds. The maximum Gasteiger partial charge on any atom is 0.256 e. The molecular weight excluding hydrogens is 255 g/mol. The summed E-state index contributed by atoms with van der Waals surface area (Å²) in [6, 6.07) is 4.47. The molecule has 1 aliphatic rings. The summed E-state index contributed by atoms with van der Waals surface area (Å²) in [6.45, 7) is 3.79. The van der Waals surface area contributed by atoms with Gasteiger partial charge in [0.2, 0.25) is 0 Å². The van der Waals surface area contributed by atoms with Gasteiger partial charge in [0.05, 0.1) is 12.1 Å². The third-order valence-corrected chi connectivity index (χ3v) is 3.68. The molecule has 106 valence electrons. The summed E-state index contributed by atoms with van der Waals surface area (Å²) in [5, 5.41) is 0. The summed E-state index contributed by atoms with van der Waals surface area (Å²) in [5.74, 6) is 5.22. The molecule has 4 heteroatoms. The maximum atomic E-state index is 14.0. The van der Waals surface area contributed by atoms with Gasteiger partial charge in [0.25, 0.3) is 5.91 Å². The third kappa shape index (κ3) is 3.17. The van der Waals surface area contributed by atoms with Crippen LogP contribution >= 0.6 is 0 Å². The summed E-state index contributed by atoms with van der Waals surface area (Å²) in [7, 11) is 0. The maximum absolute atomic E-state index is 14.0. The molecule has 0 aromatic heterocycles. The number of hydrogen-bond acceptors (Lipinski definition) is 2. The predicted octanol–water partition coefficient (Wildman–Crippen LogP) is 2.01. The topological polar surface area (TPSA) is 46.3 Å². The number of halogens is 1. The number of carbonyl (C=O) groups is 1. The summed E-state index contributed by atoms with van der Waals surface area (Å²) >= 11 is 0. The molecule has 2 N–H and O–H groups in total. The molecule has 0 saturated carbocycles. The van der Waals surface area contributed by atoms with Crippen LogP contribution in [-0.2, 0) is 0 Å². The monoisotopic (exact) mass is 274 g/mol. The minimum absolute atomic E-state index is 0.125. The standard InChI is InChI=1S/C16H19FN2O/c1-2-12-7-9-19(11-12)16(20)14-6-5-13(4-3-8-18)10-15(14)17/h5-6,10,12H,2,7-9,11,18H2,1H3. The van der Waals surface area contributed by atoms with Crippen LogP contribution in [0.2, 0.25) is 0 Å². The van der Waals surface area contributed by atoms with Crippen molar-refractivity contribution >= 4 is 5.91 Å². The van der Waals surface area contributed by atoms with Gasteiger partial charge >= 0.3 is 0 Å². The Morgan fingerprint density at radius 3 is 2.95 bits per heavy atom. The van der Waals surface area contributed by atoms with E-state index in [1.54, 1.807) is 11.0 Å². The molecule has 0 aliphatic carbocycles. The van der Waals surface area contributed by atoms with E-state index in [0.29, 0.717) is 18.0 Å². The average molecular weight is 274 g/mol. The van der Waals surface area contributed by atoms with E-state index in [1.807, 2.05) is 0 Å². The molecule has 1 saturated heterocycles. The van der Waals surface area contributed by atoms with Crippen molar-refractivity contribution in [3.63, 3.8) is 0 Å². The van der Waals surface area contributed by atoms with Crippen LogP contribution in [0.3, 0.4) is 0 Å². The van der Waals surface area contributed by atoms with E-state index in [2.05, 4.69) is 18.8 Å². The van der Waals surface area contributed by atoms with Crippen LogP contribution in [0, 0.1) is 23.6 Å². The van der Waals surface area contributed by atoms with Crippen molar-refractivity contribution in [3.8, 4) is 11.8 Å². The fourth-order valence-corrected chi connectivity index (χ4v) is 2.44. The van der Waals surface area contributed by atoms with Gasteiger partial charge in [-0.05, 0) is 30.5 Å². The molecule has 0 radical (unpaired) electrons. The molecule has 0 spiro atoms. The van der Waals surface area contributed by atoms with Gasteiger partial charge in [-0.25, -0.2) is 4.39 Å². The number of nitrogens with zero attached hydrogens (tertiary/aromatic N) is 1. The van der Waals surface area contributed by atoms with E-state index in [1.165, 1.54) is 12.1 Å². The van der Waals surface area contributed by atoms with E-state index in [-0.39, 0.29) is 18.0 Å². The smallest absolute Gasteiger partial charge is 0.256 e. The Bertz CT molecular complexity index is 559. The van der Waals surface area contributed by atoms with Gasteiger partial charge in [-0.3, -0.25) is 4.79 Å². The van der Waals surface area contributed by atoms with Crippen LogP contribution in [0.15, 0.2) is 18.2 Å². The van der Waals surface area contributed by atoms with E-state index < -0.39 is 5.82 Å². The summed E-state index contributed by atoms with van der Waals surface area (Å²) in [5.41, 5.74) is 5.94. The molecular formula is C16H19FN2O. The van der Waals surface area contributed by atoms with Gasteiger partial charge in [-0.2, -0.15) is 0 Å². The Hall–Kier alpha value is -1.86. The van der Waals surface area contributed by atoms with Gasteiger partial charge < -0.3 is 10.6 Å². The van der Waals surface area contributed by atoms with Crippen LogP contribution < -0.4 is 5.73 Å². The molecule has 1 aromatic rings. The second-order valence-corrected chi connectivity index (χ2v) is 5.01. The zero-order chi connectivity index (χ0) is 14.5. The van der Waals surface area contributed by atoms with Gasteiger partial charge in [-0.1, -0.05) is 25.2 Å². The number of amides is 1. The molecule has 1 aliphatic heterocycles. The second kappa shape index (κ2) is 6.53. The molecule has 1 atom stereocenters.